The zero-order valence-corrected chi connectivity index (χ0v) is 15.3. The Hall–Kier alpha value is -2.37. The summed E-state index contributed by atoms with van der Waals surface area (Å²) in [6.45, 7) is 4.63. The second kappa shape index (κ2) is 9.36. The van der Waals surface area contributed by atoms with Gasteiger partial charge in [-0.15, -0.1) is 0 Å². The minimum atomic E-state index is 0.0349. The molecule has 1 aromatic carbocycles. The zero-order valence-electron chi connectivity index (χ0n) is 14.6. The maximum atomic E-state index is 12.3. The summed E-state index contributed by atoms with van der Waals surface area (Å²) in [7, 11) is 0. The molecule has 136 valence electrons. The van der Waals surface area contributed by atoms with E-state index >= 15 is 0 Å². The molecule has 0 aliphatic carbocycles. The fourth-order valence-corrected chi connectivity index (χ4v) is 2.88. The van der Waals surface area contributed by atoms with Crippen molar-refractivity contribution in [3.05, 3.63) is 65.5 Å². The molecule has 3 rings (SSSR count). The van der Waals surface area contributed by atoms with Gasteiger partial charge in [0, 0.05) is 50.0 Å². The fourth-order valence-electron chi connectivity index (χ4n) is 2.75. The molecular formula is C20H22ClN3O2. The van der Waals surface area contributed by atoms with E-state index in [2.05, 4.69) is 9.88 Å². The van der Waals surface area contributed by atoms with E-state index in [1.54, 1.807) is 18.3 Å². The Balaban J connectivity index is 1.37. The number of hydrogen-bond acceptors (Lipinski definition) is 4. The Morgan fingerprint density at radius 1 is 1.12 bits per heavy atom. The summed E-state index contributed by atoms with van der Waals surface area (Å²) >= 11 is 5.86. The highest BCUT2D eigenvalue weighted by molar-refractivity contribution is 6.30. The summed E-state index contributed by atoms with van der Waals surface area (Å²) in [4.78, 5) is 20.6. The quantitative estimate of drug-likeness (QED) is 0.732. The number of carbonyl (C=O) groups is 1. The normalized spacial score (nSPS) is 15.3. The van der Waals surface area contributed by atoms with Crippen LogP contribution in [0.2, 0.25) is 5.02 Å². The summed E-state index contributed by atoms with van der Waals surface area (Å²) in [5, 5.41) is 0.704. The first kappa shape index (κ1) is 18.4. The minimum absolute atomic E-state index is 0.0349. The van der Waals surface area contributed by atoms with Gasteiger partial charge in [-0.2, -0.15) is 0 Å². The van der Waals surface area contributed by atoms with Crippen molar-refractivity contribution < 1.29 is 9.53 Å². The van der Waals surface area contributed by atoms with Gasteiger partial charge in [0.1, 0.15) is 12.4 Å². The third kappa shape index (κ3) is 5.58. The molecule has 1 fully saturated rings. The second-order valence-corrected chi connectivity index (χ2v) is 6.49. The van der Waals surface area contributed by atoms with Crippen LogP contribution in [0.4, 0.5) is 0 Å². The Bertz CT molecular complexity index is 726. The van der Waals surface area contributed by atoms with Gasteiger partial charge in [0.15, 0.2) is 0 Å². The number of piperazine rings is 1. The summed E-state index contributed by atoms with van der Waals surface area (Å²) in [6.07, 6.45) is 5.07. The molecule has 0 N–H and O–H groups in total. The van der Waals surface area contributed by atoms with Crippen LogP contribution in [0.1, 0.15) is 5.69 Å². The van der Waals surface area contributed by atoms with Gasteiger partial charge in [-0.05, 0) is 42.5 Å². The maximum Gasteiger partial charge on any atom is 0.246 e. The molecule has 1 amide bonds. The number of nitrogens with zero attached hydrogens (tertiary/aromatic N) is 3. The molecule has 0 bridgehead atoms. The van der Waals surface area contributed by atoms with Gasteiger partial charge in [-0.1, -0.05) is 17.7 Å². The van der Waals surface area contributed by atoms with Crippen molar-refractivity contribution >= 4 is 23.6 Å². The van der Waals surface area contributed by atoms with Crippen LogP contribution in [0.5, 0.6) is 5.75 Å². The van der Waals surface area contributed by atoms with Gasteiger partial charge >= 0.3 is 0 Å². The van der Waals surface area contributed by atoms with Gasteiger partial charge in [-0.3, -0.25) is 14.7 Å². The molecule has 1 aliphatic heterocycles. The number of benzene rings is 1. The molecule has 0 atom stereocenters. The van der Waals surface area contributed by atoms with Crippen molar-refractivity contribution in [3.8, 4) is 5.75 Å². The van der Waals surface area contributed by atoms with Crippen molar-refractivity contribution in [2.75, 3.05) is 39.3 Å². The van der Waals surface area contributed by atoms with E-state index < -0.39 is 0 Å². The molecule has 0 spiro atoms. The molecule has 2 aromatic rings. The summed E-state index contributed by atoms with van der Waals surface area (Å²) < 4.78 is 5.73. The van der Waals surface area contributed by atoms with Gasteiger partial charge in [0.2, 0.25) is 5.91 Å². The van der Waals surface area contributed by atoms with Crippen molar-refractivity contribution in [1.82, 2.24) is 14.8 Å². The summed E-state index contributed by atoms with van der Waals surface area (Å²) in [5.74, 6) is 0.857. The Morgan fingerprint density at radius 2 is 1.88 bits per heavy atom. The Morgan fingerprint density at radius 3 is 2.58 bits per heavy atom. The van der Waals surface area contributed by atoms with E-state index in [0.29, 0.717) is 11.6 Å². The fraction of sp³-hybridized carbons (Fsp3) is 0.300. The first-order valence-corrected chi connectivity index (χ1v) is 9.07. The molecule has 26 heavy (non-hydrogen) atoms. The smallest absolute Gasteiger partial charge is 0.246 e. The third-order valence-electron chi connectivity index (χ3n) is 4.26. The number of ether oxygens (including phenoxy) is 1. The van der Waals surface area contributed by atoms with E-state index in [9.17, 15) is 4.79 Å². The molecule has 0 unspecified atom stereocenters. The van der Waals surface area contributed by atoms with E-state index in [-0.39, 0.29) is 5.91 Å². The molecule has 1 aliphatic rings. The van der Waals surface area contributed by atoms with E-state index in [1.165, 1.54) is 0 Å². The zero-order chi connectivity index (χ0) is 18.2. The second-order valence-electron chi connectivity index (χ2n) is 6.06. The SMILES string of the molecule is O=C(/C=C/c1ccccn1)N1CCN(CCOc2ccc(Cl)cc2)CC1. The van der Waals surface area contributed by atoms with Crippen LogP contribution in [0.15, 0.2) is 54.7 Å². The lowest BCUT2D eigenvalue weighted by atomic mass is 10.2. The van der Waals surface area contributed by atoms with Crippen molar-refractivity contribution in [2.45, 2.75) is 0 Å². The van der Waals surface area contributed by atoms with Gasteiger partial charge in [0.25, 0.3) is 0 Å². The molecule has 1 aromatic heterocycles. The average Bonchev–Trinajstić information content (AvgIpc) is 2.69. The molecule has 1 saturated heterocycles. The van der Waals surface area contributed by atoms with Crippen LogP contribution in [0, 0.1) is 0 Å². The number of amides is 1. The number of hydrogen-bond donors (Lipinski definition) is 0. The topological polar surface area (TPSA) is 45.7 Å². The molecular weight excluding hydrogens is 350 g/mol. The predicted octanol–water partition coefficient (Wildman–Crippen LogP) is 2.97. The van der Waals surface area contributed by atoms with Crippen molar-refractivity contribution in [2.24, 2.45) is 0 Å². The molecule has 6 heteroatoms. The van der Waals surface area contributed by atoms with Crippen LogP contribution in [-0.2, 0) is 4.79 Å². The van der Waals surface area contributed by atoms with Gasteiger partial charge in [0.05, 0.1) is 5.69 Å². The van der Waals surface area contributed by atoms with E-state index in [0.717, 1.165) is 44.2 Å². The van der Waals surface area contributed by atoms with Crippen LogP contribution < -0.4 is 4.74 Å². The number of pyridine rings is 1. The predicted molar refractivity (Wildman–Crippen MR) is 103 cm³/mol. The first-order chi connectivity index (χ1) is 12.7. The van der Waals surface area contributed by atoms with Crippen LogP contribution in [0.3, 0.4) is 0 Å². The Kier molecular flexibility index (Phi) is 6.63. The summed E-state index contributed by atoms with van der Waals surface area (Å²) in [6, 6.07) is 13.0. The van der Waals surface area contributed by atoms with Crippen molar-refractivity contribution in [3.63, 3.8) is 0 Å². The largest absolute Gasteiger partial charge is 0.492 e. The third-order valence-corrected chi connectivity index (χ3v) is 4.51. The Labute approximate surface area is 158 Å². The molecule has 5 nitrogen and oxygen atoms in total. The van der Waals surface area contributed by atoms with Gasteiger partial charge < -0.3 is 9.64 Å². The maximum absolute atomic E-state index is 12.3. The number of aromatic nitrogens is 1. The van der Waals surface area contributed by atoms with E-state index in [1.807, 2.05) is 47.4 Å². The number of rotatable bonds is 6. The van der Waals surface area contributed by atoms with Crippen LogP contribution >= 0.6 is 11.6 Å². The highest BCUT2D eigenvalue weighted by Gasteiger charge is 2.19. The molecule has 0 saturated carbocycles. The molecule has 2 heterocycles. The lowest BCUT2D eigenvalue weighted by molar-refractivity contribution is -0.127. The monoisotopic (exact) mass is 371 g/mol. The standard InChI is InChI=1S/C20H22ClN3O2/c21-17-4-7-19(8-5-17)26-16-15-23-11-13-24(14-12-23)20(25)9-6-18-3-1-2-10-22-18/h1-10H,11-16H2/b9-6+. The van der Waals surface area contributed by atoms with Crippen LogP contribution in [0.25, 0.3) is 6.08 Å². The first-order valence-electron chi connectivity index (χ1n) is 8.69. The van der Waals surface area contributed by atoms with Crippen LogP contribution in [-0.4, -0.2) is 60.0 Å². The number of carbonyl (C=O) groups excluding carboxylic acids is 1. The lowest BCUT2D eigenvalue weighted by Gasteiger charge is -2.34. The van der Waals surface area contributed by atoms with Crippen molar-refractivity contribution in [1.29, 1.82) is 0 Å². The minimum Gasteiger partial charge on any atom is -0.492 e. The number of halogens is 1. The highest BCUT2D eigenvalue weighted by Crippen LogP contribution is 2.15. The van der Waals surface area contributed by atoms with Gasteiger partial charge in [-0.25, -0.2) is 0 Å². The lowest BCUT2D eigenvalue weighted by Crippen LogP contribution is -2.49. The average molecular weight is 372 g/mol. The van der Waals surface area contributed by atoms with E-state index in [4.69, 9.17) is 16.3 Å². The molecule has 0 radical (unpaired) electrons. The highest BCUT2D eigenvalue weighted by atomic mass is 35.5. The summed E-state index contributed by atoms with van der Waals surface area (Å²) in [5.41, 5.74) is 0.791.